The fraction of sp³-hybridized carbons (Fsp3) is 0.625. The Morgan fingerprint density at radius 1 is 1.21 bits per heavy atom. The smallest absolute Gasteiger partial charge is 0.232 e. The van der Waals surface area contributed by atoms with E-state index in [0.717, 1.165) is 19.4 Å². The molecule has 0 bridgehead atoms. The van der Waals surface area contributed by atoms with Crippen molar-refractivity contribution in [3.63, 3.8) is 0 Å². The van der Waals surface area contributed by atoms with E-state index in [1.165, 1.54) is 0 Å². The van der Waals surface area contributed by atoms with Gasteiger partial charge >= 0.3 is 0 Å². The third kappa shape index (κ3) is 4.41. The van der Waals surface area contributed by atoms with Gasteiger partial charge in [-0.2, -0.15) is 0 Å². The minimum absolute atomic E-state index is 0.0958. The van der Waals surface area contributed by atoms with Crippen molar-refractivity contribution < 1.29 is 14.3 Å². The molecule has 1 N–H and O–H groups in total. The van der Waals surface area contributed by atoms with Crippen molar-refractivity contribution in [1.82, 2.24) is 20.2 Å². The second-order valence-electron chi connectivity index (χ2n) is 6.03. The molecule has 0 aliphatic carbocycles. The first-order valence-electron chi connectivity index (χ1n) is 8.40. The van der Waals surface area contributed by atoms with E-state index in [1.807, 2.05) is 4.90 Å². The Morgan fingerprint density at radius 3 is 2.62 bits per heavy atom. The maximum Gasteiger partial charge on any atom is 0.232 e. The van der Waals surface area contributed by atoms with E-state index >= 15 is 0 Å². The lowest BCUT2D eigenvalue weighted by Crippen LogP contribution is -2.50. The highest BCUT2D eigenvalue weighted by Gasteiger charge is 2.24. The van der Waals surface area contributed by atoms with Crippen LogP contribution in [0.4, 0.5) is 5.95 Å². The fourth-order valence-corrected chi connectivity index (χ4v) is 2.96. The largest absolute Gasteiger partial charge is 0.376 e. The number of amides is 2. The van der Waals surface area contributed by atoms with Crippen molar-refractivity contribution >= 4 is 17.8 Å². The summed E-state index contributed by atoms with van der Waals surface area (Å²) in [6, 6.07) is 1.78. The highest BCUT2D eigenvalue weighted by atomic mass is 16.5. The molecule has 0 radical (unpaired) electrons. The van der Waals surface area contributed by atoms with E-state index in [9.17, 15) is 9.59 Å². The Bertz CT molecular complexity index is 554. The summed E-state index contributed by atoms with van der Waals surface area (Å²) in [6.07, 6.45) is 5.41. The summed E-state index contributed by atoms with van der Waals surface area (Å²) in [5, 5.41) is 2.79. The molecule has 8 nitrogen and oxygen atoms in total. The maximum absolute atomic E-state index is 12.2. The summed E-state index contributed by atoms with van der Waals surface area (Å²) < 4.78 is 5.45. The van der Waals surface area contributed by atoms with Gasteiger partial charge in [-0.1, -0.05) is 0 Å². The van der Waals surface area contributed by atoms with Crippen molar-refractivity contribution in [2.75, 3.05) is 44.2 Å². The number of hydrogen-bond acceptors (Lipinski definition) is 6. The van der Waals surface area contributed by atoms with E-state index in [-0.39, 0.29) is 24.3 Å². The van der Waals surface area contributed by atoms with Crippen LogP contribution in [-0.4, -0.2) is 72.1 Å². The first-order valence-corrected chi connectivity index (χ1v) is 8.40. The van der Waals surface area contributed by atoms with E-state index in [2.05, 4.69) is 15.3 Å². The number of nitrogens with one attached hydrogen (secondary N) is 1. The Hall–Kier alpha value is -2.22. The molecule has 0 spiro atoms. The zero-order chi connectivity index (χ0) is 16.8. The number of piperazine rings is 1. The number of nitrogens with zero attached hydrogens (tertiary/aromatic N) is 4. The third-order valence-electron chi connectivity index (χ3n) is 4.33. The molecule has 2 aliphatic heterocycles. The van der Waals surface area contributed by atoms with E-state index in [4.69, 9.17) is 4.74 Å². The number of carbonyl (C=O) groups is 2. The molecular formula is C16H23N5O3. The van der Waals surface area contributed by atoms with Gasteiger partial charge in [0.25, 0.3) is 0 Å². The third-order valence-corrected chi connectivity index (χ3v) is 4.33. The van der Waals surface area contributed by atoms with Crippen LogP contribution >= 0.6 is 0 Å². The number of rotatable bonds is 5. The van der Waals surface area contributed by atoms with Crippen LogP contribution in [-0.2, 0) is 14.3 Å². The van der Waals surface area contributed by atoms with Gasteiger partial charge < -0.3 is 19.9 Å². The van der Waals surface area contributed by atoms with Crippen LogP contribution in [0.5, 0.6) is 0 Å². The first-order chi connectivity index (χ1) is 11.7. The summed E-state index contributed by atoms with van der Waals surface area (Å²) >= 11 is 0. The van der Waals surface area contributed by atoms with Crippen LogP contribution in [0.15, 0.2) is 18.5 Å². The van der Waals surface area contributed by atoms with E-state index in [0.29, 0.717) is 38.7 Å². The maximum atomic E-state index is 12.2. The van der Waals surface area contributed by atoms with E-state index < -0.39 is 0 Å². The number of hydrogen-bond donors (Lipinski definition) is 1. The fourth-order valence-electron chi connectivity index (χ4n) is 2.96. The SMILES string of the molecule is O=C(CC(=O)N1CCN(c2ncccn2)CC1)NCC1CCCO1. The molecule has 1 aromatic heterocycles. The molecule has 1 atom stereocenters. The molecule has 2 amide bonds. The van der Waals surface area contributed by atoms with Gasteiger partial charge in [0.15, 0.2) is 0 Å². The van der Waals surface area contributed by atoms with Gasteiger partial charge in [0.1, 0.15) is 6.42 Å². The van der Waals surface area contributed by atoms with Gasteiger partial charge in [0.2, 0.25) is 17.8 Å². The molecule has 130 valence electrons. The molecule has 1 unspecified atom stereocenters. The standard InChI is InChI=1S/C16H23N5O3/c22-14(19-12-13-3-1-10-24-13)11-15(23)20-6-8-21(9-7-20)16-17-4-2-5-18-16/h2,4-5,13H,1,3,6-12H2,(H,19,22). The molecule has 2 aliphatic rings. The number of carbonyl (C=O) groups excluding carboxylic acids is 2. The van der Waals surface area contributed by atoms with Crippen molar-refractivity contribution in [1.29, 1.82) is 0 Å². The summed E-state index contributed by atoms with van der Waals surface area (Å²) in [7, 11) is 0. The Balaban J connectivity index is 1.39. The second kappa shape index (κ2) is 8.05. The summed E-state index contributed by atoms with van der Waals surface area (Å²) in [5.74, 6) is 0.316. The van der Waals surface area contributed by atoms with Gasteiger partial charge in [-0.15, -0.1) is 0 Å². The van der Waals surface area contributed by atoms with Crippen LogP contribution in [0.3, 0.4) is 0 Å². The van der Waals surface area contributed by atoms with Gasteiger partial charge in [-0.3, -0.25) is 9.59 Å². The summed E-state index contributed by atoms with van der Waals surface area (Å²) in [5.41, 5.74) is 0. The Labute approximate surface area is 141 Å². The summed E-state index contributed by atoms with van der Waals surface area (Å²) in [6.45, 7) is 3.76. The minimum atomic E-state index is -0.232. The molecule has 24 heavy (non-hydrogen) atoms. The number of anilines is 1. The molecule has 2 saturated heterocycles. The van der Waals surface area contributed by atoms with Gasteiger partial charge in [0.05, 0.1) is 6.10 Å². The van der Waals surface area contributed by atoms with Crippen LogP contribution in [0.25, 0.3) is 0 Å². The van der Waals surface area contributed by atoms with E-state index in [1.54, 1.807) is 23.4 Å². The van der Waals surface area contributed by atoms with Crippen molar-refractivity contribution in [3.8, 4) is 0 Å². The average Bonchev–Trinajstić information content (AvgIpc) is 3.14. The normalized spacial score (nSPS) is 20.9. The van der Waals surface area contributed by atoms with Crippen LogP contribution in [0, 0.1) is 0 Å². The molecule has 2 fully saturated rings. The number of ether oxygens (including phenoxy) is 1. The monoisotopic (exact) mass is 333 g/mol. The molecule has 8 heteroatoms. The number of aromatic nitrogens is 2. The summed E-state index contributed by atoms with van der Waals surface area (Å²) in [4.78, 5) is 36.3. The van der Waals surface area contributed by atoms with Crippen LogP contribution < -0.4 is 10.2 Å². The predicted molar refractivity (Wildman–Crippen MR) is 87.4 cm³/mol. The van der Waals surface area contributed by atoms with Crippen molar-refractivity contribution in [2.45, 2.75) is 25.4 Å². The predicted octanol–water partition coefficient (Wildman–Crippen LogP) is -0.189. The molecule has 3 heterocycles. The van der Waals surface area contributed by atoms with Crippen molar-refractivity contribution in [2.24, 2.45) is 0 Å². The average molecular weight is 333 g/mol. The lowest BCUT2D eigenvalue weighted by atomic mass is 10.2. The Kier molecular flexibility index (Phi) is 5.58. The van der Waals surface area contributed by atoms with Gasteiger partial charge in [0, 0.05) is 51.7 Å². The highest BCUT2D eigenvalue weighted by Crippen LogP contribution is 2.12. The zero-order valence-electron chi connectivity index (χ0n) is 13.7. The quantitative estimate of drug-likeness (QED) is 0.752. The molecular weight excluding hydrogens is 310 g/mol. The minimum Gasteiger partial charge on any atom is -0.376 e. The zero-order valence-corrected chi connectivity index (χ0v) is 13.7. The highest BCUT2D eigenvalue weighted by molar-refractivity contribution is 5.97. The lowest BCUT2D eigenvalue weighted by Gasteiger charge is -2.34. The molecule has 1 aromatic rings. The molecule has 0 saturated carbocycles. The molecule has 0 aromatic carbocycles. The van der Waals surface area contributed by atoms with Crippen LogP contribution in [0.2, 0.25) is 0 Å². The topological polar surface area (TPSA) is 87.7 Å². The van der Waals surface area contributed by atoms with Crippen molar-refractivity contribution in [3.05, 3.63) is 18.5 Å². The second-order valence-corrected chi connectivity index (χ2v) is 6.03. The first kappa shape index (κ1) is 16.6. The lowest BCUT2D eigenvalue weighted by molar-refractivity contribution is -0.136. The molecule has 3 rings (SSSR count). The van der Waals surface area contributed by atoms with Crippen LogP contribution in [0.1, 0.15) is 19.3 Å². The Morgan fingerprint density at radius 2 is 1.96 bits per heavy atom. The van der Waals surface area contributed by atoms with Gasteiger partial charge in [-0.05, 0) is 18.9 Å². The van der Waals surface area contributed by atoms with Gasteiger partial charge in [-0.25, -0.2) is 9.97 Å².